The summed E-state index contributed by atoms with van der Waals surface area (Å²) in [4.78, 5) is 11.0. The highest BCUT2D eigenvalue weighted by molar-refractivity contribution is 5.82. The zero-order valence-corrected chi connectivity index (χ0v) is 7.91. The van der Waals surface area contributed by atoms with Crippen LogP contribution in [0.2, 0.25) is 0 Å². The van der Waals surface area contributed by atoms with E-state index in [2.05, 4.69) is 0 Å². The summed E-state index contributed by atoms with van der Waals surface area (Å²) in [6, 6.07) is 0. The normalized spacial score (nSPS) is 19.1. The van der Waals surface area contributed by atoms with Gasteiger partial charge in [-0.25, -0.2) is 4.79 Å². The van der Waals surface area contributed by atoms with Gasteiger partial charge in [0.25, 0.3) is 0 Å². The van der Waals surface area contributed by atoms with E-state index in [1.165, 1.54) is 6.08 Å². The van der Waals surface area contributed by atoms with Crippen molar-refractivity contribution in [2.24, 2.45) is 0 Å². The quantitative estimate of drug-likeness (QED) is 0.484. The minimum Gasteiger partial charge on any atom is -0.463 e. The van der Waals surface area contributed by atoms with Crippen molar-refractivity contribution in [1.29, 1.82) is 0 Å². The van der Waals surface area contributed by atoms with Gasteiger partial charge in [0.1, 0.15) is 0 Å². The van der Waals surface area contributed by atoms with Gasteiger partial charge in [0.15, 0.2) is 6.29 Å². The van der Waals surface area contributed by atoms with Gasteiger partial charge in [-0.15, -0.1) is 0 Å². The summed E-state index contributed by atoms with van der Waals surface area (Å²) in [5, 5.41) is 0. The lowest BCUT2D eigenvalue weighted by molar-refractivity contribution is -0.137. The smallest absolute Gasteiger partial charge is 0.330 e. The molecule has 4 nitrogen and oxygen atoms in total. The molecule has 0 amide bonds. The molecule has 1 aliphatic rings. The molecule has 1 fully saturated rings. The van der Waals surface area contributed by atoms with Crippen LogP contribution in [0.3, 0.4) is 0 Å². The Hall–Kier alpha value is -0.870. The molecule has 0 aliphatic carbocycles. The summed E-state index contributed by atoms with van der Waals surface area (Å²) in [7, 11) is 0. The monoisotopic (exact) mass is 186 g/mol. The first kappa shape index (κ1) is 10.2. The molecular weight excluding hydrogens is 172 g/mol. The average Bonchev–Trinajstić information content (AvgIpc) is 2.55. The lowest BCUT2D eigenvalue weighted by atomic mass is 10.3. The Morgan fingerprint density at radius 3 is 2.69 bits per heavy atom. The third-order valence-corrected chi connectivity index (χ3v) is 1.63. The van der Waals surface area contributed by atoms with E-state index >= 15 is 0 Å². The van der Waals surface area contributed by atoms with E-state index in [0.717, 1.165) is 5.57 Å². The predicted molar refractivity (Wildman–Crippen MR) is 46.1 cm³/mol. The van der Waals surface area contributed by atoms with Crippen molar-refractivity contribution in [3.63, 3.8) is 0 Å². The topological polar surface area (TPSA) is 44.8 Å². The van der Waals surface area contributed by atoms with Crippen LogP contribution in [0.25, 0.3) is 0 Å². The van der Waals surface area contributed by atoms with Crippen LogP contribution in [0.15, 0.2) is 11.6 Å². The van der Waals surface area contributed by atoms with Crippen LogP contribution in [0.5, 0.6) is 0 Å². The molecule has 0 spiro atoms. The van der Waals surface area contributed by atoms with E-state index in [0.29, 0.717) is 19.8 Å². The maximum Gasteiger partial charge on any atom is 0.330 e. The van der Waals surface area contributed by atoms with Crippen LogP contribution in [-0.4, -0.2) is 32.1 Å². The first-order valence-corrected chi connectivity index (χ1v) is 4.32. The van der Waals surface area contributed by atoms with Crippen molar-refractivity contribution in [2.45, 2.75) is 20.1 Å². The zero-order valence-electron chi connectivity index (χ0n) is 7.91. The maximum atomic E-state index is 11.0. The second-order valence-electron chi connectivity index (χ2n) is 2.71. The van der Waals surface area contributed by atoms with Crippen LogP contribution >= 0.6 is 0 Å². The molecule has 0 radical (unpaired) electrons. The molecule has 0 unspecified atom stereocenters. The van der Waals surface area contributed by atoms with E-state index < -0.39 is 0 Å². The molecule has 1 saturated heterocycles. The Labute approximate surface area is 77.5 Å². The molecule has 0 bridgehead atoms. The van der Waals surface area contributed by atoms with E-state index in [4.69, 9.17) is 14.2 Å². The molecule has 1 rings (SSSR count). The molecular formula is C9H14O4. The second-order valence-corrected chi connectivity index (χ2v) is 2.71. The number of hydrogen-bond donors (Lipinski definition) is 0. The summed E-state index contributed by atoms with van der Waals surface area (Å²) in [5.41, 5.74) is 0.746. The van der Waals surface area contributed by atoms with Crippen molar-refractivity contribution < 1.29 is 19.0 Å². The first-order chi connectivity index (χ1) is 6.24. The zero-order chi connectivity index (χ0) is 9.68. The fraction of sp³-hybridized carbons (Fsp3) is 0.667. The Morgan fingerprint density at radius 1 is 1.54 bits per heavy atom. The minimum atomic E-state index is -0.371. The van der Waals surface area contributed by atoms with Gasteiger partial charge in [0, 0.05) is 6.08 Å². The highest BCUT2D eigenvalue weighted by Gasteiger charge is 2.18. The number of carbonyl (C=O) groups excluding carboxylic acids is 1. The summed E-state index contributed by atoms with van der Waals surface area (Å²) in [6.45, 7) is 5.10. The number of esters is 1. The van der Waals surface area contributed by atoms with Gasteiger partial charge in [0.05, 0.1) is 19.8 Å². The fourth-order valence-corrected chi connectivity index (χ4v) is 1.06. The van der Waals surface area contributed by atoms with Gasteiger partial charge < -0.3 is 14.2 Å². The minimum absolute atomic E-state index is 0.348. The van der Waals surface area contributed by atoms with Crippen molar-refractivity contribution in [3.05, 3.63) is 11.6 Å². The van der Waals surface area contributed by atoms with Gasteiger partial charge in [-0.1, -0.05) is 0 Å². The SMILES string of the molecule is CCOC(=O)/C=C(\C)C1OCCO1. The van der Waals surface area contributed by atoms with Crippen LogP contribution in [0.4, 0.5) is 0 Å². The Morgan fingerprint density at radius 2 is 2.15 bits per heavy atom. The van der Waals surface area contributed by atoms with Crippen molar-refractivity contribution >= 4 is 5.97 Å². The summed E-state index contributed by atoms with van der Waals surface area (Å²) in [6.07, 6.45) is 1.03. The Kier molecular flexibility index (Phi) is 3.92. The summed E-state index contributed by atoms with van der Waals surface area (Å²) < 4.78 is 15.1. The lowest BCUT2D eigenvalue weighted by Crippen LogP contribution is -2.11. The highest BCUT2D eigenvalue weighted by Crippen LogP contribution is 2.12. The molecule has 0 saturated carbocycles. The largest absolute Gasteiger partial charge is 0.463 e. The highest BCUT2D eigenvalue weighted by atomic mass is 16.7. The summed E-state index contributed by atoms with van der Waals surface area (Å²) in [5.74, 6) is -0.348. The molecule has 13 heavy (non-hydrogen) atoms. The maximum absolute atomic E-state index is 11.0. The van der Waals surface area contributed by atoms with Crippen LogP contribution in [0, 0.1) is 0 Å². The van der Waals surface area contributed by atoms with Crippen molar-refractivity contribution in [2.75, 3.05) is 19.8 Å². The average molecular weight is 186 g/mol. The third kappa shape index (κ3) is 3.16. The number of rotatable bonds is 3. The molecule has 0 aromatic carbocycles. The van der Waals surface area contributed by atoms with Gasteiger partial charge in [-0.05, 0) is 19.4 Å². The predicted octanol–water partition coefficient (Wildman–Crippen LogP) is 0.869. The van der Waals surface area contributed by atoms with Gasteiger partial charge in [-0.2, -0.15) is 0 Å². The van der Waals surface area contributed by atoms with Crippen molar-refractivity contribution in [1.82, 2.24) is 0 Å². The molecule has 0 atom stereocenters. The van der Waals surface area contributed by atoms with E-state index in [-0.39, 0.29) is 12.3 Å². The molecule has 1 heterocycles. The first-order valence-electron chi connectivity index (χ1n) is 4.32. The molecule has 4 heteroatoms. The second kappa shape index (κ2) is 4.99. The van der Waals surface area contributed by atoms with Crippen LogP contribution in [0.1, 0.15) is 13.8 Å². The molecule has 74 valence electrons. The standard InChI is InChI=1S/C9H14O4/c1-3-11-8(10)6-7(2)9-12-4-5-13-9/h6,9H,3-5H2,1-2H3/b7-6+. The molecule has 0 aromatic rings. The molecule has 1 aliphatic heterocycles. The third-order valence-electron chi connectivity index (χ3n) is 1.63. The van der Waals surface area contributed by atoms with Crippen LogP contribution < -0.4 is 0 Å². The Balaban J connectivity index is 2.44. The van der Waals surface area contributed by atoms with E-state index in [9.17, 15) is 4.79 Å². The van der Waals surface area contributed by atoms with Gasteiger partial charge in [-0.3, -0.25) is 0 Å². The number of ether oxygens (including phenoxy) is 3. The summed E-state index contributed by atoms with van der Waals surface area (Å²) >= 11 is 0. The lowest BCUT2D eigenvalue weighted by Gasteiger charge is -2.08. The molecule has 0 aromatic heterocycles. The number of hydrogen-bond acceptors (Lipinski definition) is 4. The molecule has 0 N–H and O–H groups in total. The van der Waals surface area contributed by atoms with Gasteiger partial charge in [0.2, 0.25) is 0 Å². The fourth-order valence-electron chi connectivity index (χ4n) is 1.06. The van der Waals surface area contributed by atoms with E-state index in [1.54, 1.807) is 13.8 Å². The van der Waals surface area contributed by atoms with Crippen molar-refractivity contribution in [3.8, 4) is 0 Å². The van der Waals surface area contributed by atoms with Gasteiger partial charge >= 0.3 is 5.97 Å². The van der Waals surface area contributed by atoms with Crippen LogP contribution in [-0.2, 0) is 19.0 Å². The number of carbonyl (C=O) groups is 1. The Bertz CT molecular complexity index is 204. The van der Waals surface area contributed by atoms with E-state index in [1.807, 2.05) is 0 Å².